The average molecular weight is 296 g/mol. The fraction of sp³-hybridized carbons (Fsp3) is 0.286. The molecule has 1 aliphatic rings. The van der Waals surface area contributed by atoms with Gasteiger partial charge in [0, 0.05) is 29.6 Å². The molecular formula is C14H14ClNO2S. The lowest BCUT2D eigenvalue weighted by Gasteiger charge is -2.10. The van der Waals surface area contributed by atoms with Crippen LogP contribution in [0.5, 0.6) is 11.5 Å². The Morgan fingerprint density at radius 1 is 1.11 bits per heavy atom. The van der Waals surface area contributed by atoms with E-state index in [1.54, 1.807) is 11.3 Å². The molecule has 0 saturated heterocycles. The lowest BCUT2D eigenvalue weighted by molar-refractivity contribution is 0.297. The van der Waals surface area contributed by atoms with Crippen molar-refractivity contribution in [3.05, 3.63) is 39.5 Å². The molecule has 0 aliphatic carbocycles. The Kier molecular flexibility index (Phi) is 3.80. The van der Waals surface area contributed by atoms with Crippen LogP contribution < -0.4 is 14.8 Å². The van der Waals surface area contributed by atoms with Gasteiger partial charge in [-0.1, -0.05) is 11.6 Å². The van der Waals surface area contributed by atoms with Crippen molar-refractivity contribution in [3.63, 3.8) is 0 Å². The van der Waals surface area contributed by atoms with Crippen molar-refractivity contribution in [2.45, 2.75) is 13.0 Å². The normalized spacial score (nSPS) is 13.9. The Balaban J connectivity index is 1.69. The van der Waals surface area contributed by atoms with E-state index >= 15 is 0 Å². The van der Waals surface area contributed by atoms with E-state index in [1.807, 2.05) is 30.3 Å². The highest BCUT2D eigenvalue weighted by Gasteiger charge is 2.10. The minimum atomic E-state index is 0.705. The second kappa shape index (κ2) is 5.72. The molecule has 0 bridgehead atoms. The highest BCUT2D eigenvalue weighted by atomic mass is 35.5. The van der Waals surface area contributed by atoms with E-state index in [2.05, 4.69) is 5.32 Å². The number of fused-ring (bicyclic) bond motifs is 1. The van der Waals surface area contributed by atoms with Crippen molar-refractivity contribution < 1.29 is 9.47 Å². The molecule has 0 fully saturated rings. The van der Waals surface area contributed by atoms with Gasteiger partial charge in [-0.25, -0.2) is 0 Å². The van der Waals surface area contributed by atoms with Crippen LogP contribution in [0.2, 0.25) is 4.34 Å². The lowest BCUT2D eigenvalue weighted by Crippen LogP contribution is -1.98. The van der Waals surface area contributed by atoms with Gasteiger partial charge in [0.1, 0.15) is 0 Å². The molecule has 0 radical (unpaired) electrons. The van der Waals surface area contributed by atoms with Gasteiger partial charge in [0.2, 0.25) is 0 Å². The van der Waals surface area contributed by atoms with E-state index in [1.165, 1.54) is 4.88 Å². The van der Waals surface area contributed by atoms with E-state index in [0.717, 1.165) is 34.5 Å². The molecule has 2 heterocycles. The van der Waals surface area contributed by atoms with Crippen LogP contribution in [0.25, 0.3) is 0 Å². The first-order valence-corrected chi connectivity index (χ1v) is 7.38. The van der Waals surface area contributed by atoms with Crippen LogP contribution in [0.1, 0.15) is 11.3 Å². The third-order valence-electron chi connectivity index (χ3n) is 2.84. The van der Waals surface area contributed by atoms with Gasteiger partial charge in [0.25, 0.3) is 0 Å². The van der Waals surface area contributed by atoms with E-state index in [0.29, 0.717) is 13.2 Å². The fourth-order valence-electron chi connectivity index (χ4n) is 1.91. The molecule has 100 valence electrons. The molecule has 0 amide bonds. The van der Waals surface area contributed by atoms with Gasteiger partial charge in [-0.05, 0) is 24.3 Å². The number of ether oxygens (including phenoxy) is 2. The summed E-state index contributed by atoms with van der Waals surface area (Å²) in [6, 6.07) is 9.88. The molecule has 3 rings (SSSR count). The predicted octanol–water partition coefficient (Wildman–Crippen LogP) is 4.17. The Bertz CT molecular complexity index is 570. The predicted molar refractivity (Wildman–Crippen MR) is 78.7 cm³/mol. The minimum absolute atomic E-state index is 0.705. The summed E-state index contributed by atoms with van der Waals surface area (Å²) in [7, 11) is 0. The first-order chi connectivity index (χ1) is 9.31. The molecule has 2 aromatic rings. The van der Waals surface area contributed by atoms with Gasteiger partial charge in [0.15, 0.2) is 11.5 Å². The van der Waals surface area contributed by atoms with Gasteiger partial charge >= 0.3 is 0 Å². The number of benzene rings is 1. The van der Waals surface area contributed by atoms with Gasteiger partial charge in [-0.15, -0.1) is 11.3 Å². The number of nitrogens with one attached hydrogen (secondary N) is 1. The van der Waals surface area contributed by atoms with E-state index in [4.69, 9.17) is 21.1 Å². The number of anilines is 1. The number of thiophene rings is 1. The molecule has 1 N–H and O–H groups in total. The van der Waals surface area contributed by atoms with E-state index in [-0.39, 0.29) is 0 Å². The molecule has 0 spiro atoms. The molecule has 5 heteroatoms. The summed E-state index contributed by atoms with van der Waals surface area (Å²) in [5.41, 5.74) is 1.02. The maximum atomic E-state index is 5.91. The maximum Gasteiger partial charge on any atom is 0.163 e. The van der Waals surface area contributed by atoms with Crippen molar-refractivity contribution >= 4 is 28.6 Å². The quantitative estimate of drug-likeness (QED) is 0.921. The maximum absolute atomic E-state index is 5.91. The number of hydrogen-bond acceptors (Lipinski definition) is 4. The summed E-state index contributed by atoms with van der Waals surface area (Å²) in [6.45, 7) is 2.18. The molecule has 19 heavy (non-hydrogen) atoms. The first kappa shape index (κ1) is 12.6. The molecule has 1 aliphatic heterocycles. The number of halogens is 1. The Morgan fingerprint density at radius 2 is 1.95 bits per heavy atom. The Hall–Kier alpha value is -1.39. The SMILES string of the molecule is Clc1ccc(CNc2ccc3c(c2)OCCCO3)s1. The van der Waals surface area contributed by atoms with Crippen molar-refractivity contribution in [3.8, 4) is 11.5 Å². The number of rotatable bonds is 3. The summed E-state index contributed by atoms with van der Waals surface area (Å²) >= 11 is 7.50. The average Bonchev–Trinajstić information content (AvgIpc) is 2.70. The molecule has 0 saturated carbocycles. The standard InChI is InChI=1S/C14H14ClNO2S/c15-14-5-3-11(19-14)9-16-10-2-4-12-13(8-10)18-7-1-6-17-12/h2-5,8,16H,1,6-7,9H2. The Morgan fingerprint density at radius 3 is 2.74 bits per heavy atom. The zero-order valence-electron chi connectivity index (χ0n) is 10.3. The van der Waals surface area contributed by atoms with Gasteiger partial charge in [-0.3, -0.25) is 0 Å². The van der Waals surface area contributed by atoms with Gasteiger partial charge in [0.05, 0.1) is 17.6 Å². The summed E-state index contributed by atoms with van der Waals surface area (Å²) in [6.07, 6.45) is 0.922. The van der Waals surface area contributed by atoms with Crippen LogP contribution in [0, 0.1) is 0 Å². The van der Waals surface area contributed by atoms with Crippen LogP contribution in [-0.2, 0) is 6.54 Å². The van der Waals surface area contributed by atoms with Crippen LogP contribution in [0.15, 0.2) is 30.3 Å². The van der Waals surface area contributed by atoms with Crippen molar-refractivity contribution in [1.82, 2.24) is 0 Å². The molecule has 1 aromatic carbocycles. The Labute approximate surface area is 121 Å². The van der Waals surface area contributed by atoms with Crippen LogP contribution in [0.3, 0.4) is 0 Å². The van der Waals surface area contributed by atoms with Crippen molar-refractivity contribution in [2.75, 3.05) is 18.5 Å². The van der Waals surface area contributed by atoms with E-state index < -0.39 is 0 Å². The third kappa shape index (κ3) is 3.14. The second-order valence-electron chi connectivity index (χ2n) is 4.27. The zero-order chi connectivity index (χ0) is 13.1. The molecule has 3 nitrogen and oxygen atoms in total. The highest BCUT2D eigenvalue weighted by Crippen LogP contribution is 2.32. The second-order valence-corrected chi connectivity index (χ2v) is 6.07. The van der Waals surface area contributed by atoms with Gasteiger partial charge < -0.3 is 14.8 Å². The third-order valence-corrected chi connectivity index (χ3v) is 4.07. The minimum Gasteiger partial charge on any atom is -0.490 e. The van der Waals surface area contributed by atoms with Crippen LogP contribution in [0.4, 0.5) is 5.69 Å². The summed E-state index contributed by atoms with van der Waals surface area (Å²) in [5.74, 6) is 1.63. The summed E-state index contributed by atoms with van der Waals surface area (Å²) in [4.78, 5) is 1.21. The highest BCUT2D eigenvalue weighted by molar-refractivity contribution is 7.16. The van der Waals surface area contributed by atoms with Crippen LogP contribution >= 0.6 is 22.9 Å². The van der Waals surface area contributed by atoms with Gasteiger partial charge in [-0.2, -0.15) is 0 Å². The molecular weight excluding hydrogens is 282 g/mol. The monoisotopic (exact) mass is 295 g/mol. The molecule has 0 unspecified atom stereocenters. The number of hydrogen-bond donors (Lipinski definition) is 1. The zero-order valence-corrected chi connectivity index (χ0v) is 11.9. The summed E-state index contributed by atoms with van der Waals surface area (Å²) in [5, 5.41) is 3.36. The lowest BCUT2D eigenvalue weighted by atomic mass is 10.2. The summed E-state index contributed by atoms with van der Waals surface area (Å²) < 4.78 is 12.1. The fourth-order valence-corrected chi connectivity index (χ4v) is 2.94. The van der Waals surface area contributed by atoms with Crippen LogP contribution in [-0.4, -0.2) is 13.2 Å². The van der Waals surface area contributed by atoms with Crippen molar-refractivity contribution in [1.29, 1.82) is 0 Å². The molecule has 0 atom stereocenters. The van der Waals surface area contributed by atoms with Crippen molar-refractivity contribution in [2.24, 2.45) is 0 Å². The molecule has 1 aromatic heterocycles. The van der Waals surface area contributed by atoms with E-state index in [9.17, 15) is 0 Å². The largest absolute Gasteiger partial charge is 0.490 e. The topological polar surface area (TPSA) is 30.5 Å². The smallest absolute Gasteiger partial charge is 0.163 e. The first-order valence-electron chi connectivity index (χ1n) is 6.19.